The maximum absolute atomic E-state index is 12.6. The van der Waals surface area contributed by atoms with E-state index in [1.165, 1.54) is 5.69 Å². The molecule has 0 saturated carbocycles. The first-order chi connectivity index (χ1) is 11.8. The molecule has 1 amide bonds. The molecule has 4 rings (SSSR count). The minimum atomic E-state index is 0.156. The molecule has 0 atom stereocenters. The Morgan fingerprint density at radius 3 is 2.71 bits per heavy atom. The van der Waals surface area contributed by atoms with E-state index in [0.717, 1.165) is 63.1 Å². The third-order valence-electron chi connectivity index (χ3n) is 5.02. The van der Waals surface area contributed by atoms with Crippen molar-refractivity contribution in [3.63, 3.8) is 0 Å². The van der Waals surface area contributed by atoms with Gasteiger partial charge in [-0.2, -0.15) is 0 Å². The lowest BCUT2D eigenvalue weighted by atomic mass is 9.98. The highest BCUT2D eigenvalue weighted by molar-refractivity contribution is 5.82. The molecule has 0 aliphatic carbocycles. The number of benzene rings is 1. The average molecular weight is 326 g/mol. The first-order valence-electron chi connectivity index (χ1n) is 8.62. The zero-order valence-corrected chi connectivity index (χ0v) is 13.7. The van der Waals surface area contributed by atoms with E-state index in [-0.39, 0.29) is 5.92 Å². The molecule has 2 fully saturated rings. The van der Waals surface area contributed by atoms with Crippen molar-refractivity contribution in [2.45, 2.75) is 12.8 Å². The van der Waals surface area contributed by atoms with Gasteiger partial charge in [-0.3, -0.25) is 4.79 Å². The Bertz CT molecular complexity index is 722. The fraction of sp³-hybridized carbons (Fsp3) is 0.500. The van der Waals surface area contributed by atoms with Crippen LogP contribution in [-0.4, -0.2) is 60.2 Å². The van der Waals surface area contributed by atoms with Crippen LogP contribution >= 0.6 is 0 Å². The van der Waals surface area contributed by atoms with Crippen molar-refractivity contribution >= 4 is 22.5 Å². The highest BCUT2D eigenvalue weighted by Gasteiger charge is 2.28. The maximum atomic E-state index is 12.6. The summed E-state index contributed by atoms with van der Waals surface area (Å²) in [6, 6.07) is 6.27. The van der Waals surface area contributed by atoms with Crippen molar-refractivity contribution in [1.29, 1.82) is 0 Å². The monoisotopic (exact) mass is 326 g/mol. The second-order valence-corrected chi connectivity index (χ2v) is 6.46. The first kappa shape index (κ1) is 15.3. The molecule has 1 aromatic heterocycles. The van der Waals surface area contributed by atoms with Crippen LogP contribution < -0.4 is 4.90 Å². The zero-order valence-electron chi connectivity index (χ0n) is 13.7. The summed E-state index contributed by atoms with van der Waals surface area (Å²) >= 11 is 0. The lowest BCUT2D eigenvalue weighted by Gasteiger charge is -2.38. The van der Waals surface area contributed by atoms with Gasteiger partial charge in [0.2, 0.25) is 5.91 Å². The van der Waals surface area contributed by atoms with Gasteiger partial charge in [0, 0.05) is 62.6 Å². The van der Waals surface area contributed by atoms with E-state index in [0.29, 0.717) is 5.91 Å². The molecule has 3 heterocycles. The number of carbonyl (C=O) groups excluding carboxylic acids is 1. The fourth-order valence-corrected chi connectivity index (χ4v) is 3.56. The minimum absolute atomic E-state index is 0.156. The number of aromatic nitrogens is 2. The lowest BCUT2D eigenvalue weighted by Crippen LogP contribution is -2.51. The van der Waals surface area contributed by atoms with Crippen LogP contribution in [0.3, 0.4) is 0 Å². The number of ether oxygens (including phenoxy) is 1. The number of anilines is 1. The van der Waals surface area contributed by atoms with Gasteiger partial charge in [-0.25, -0.2) is 9.97 Å². The third-order valence-corrected chi connectivity index (χ3v) is 5.02. The van der Waals surface area contributed by atoms with Gasteiger partial charge in [-0.1, -0.05) is 0 Å². The van der Waals surface area contributed by atoms with Crippen molar-refractivity contribution in [3.05, 3.63) is 30.7 Å². The lowest BCUT2D eigenvalue weighted by molar-refractivity contribution is -0.138. The van der Waals surface area contributed by atoms with Gasteiger partial charge in [0.15, 0.2) is 0 Å². The van der Waals surface area contributed by atoms with Gasteiger partial charge in [0.1, 0.15) is 6.33 Å². The fourth-order valence-electron chi connectivity index (χ4n) is 3.56. The average Bonchev–Trinajstić information content (AvgIpc) is 2.68. The second-order valence-electron chi connectivity index (χ2n) is 6.46. The summed E-state index contributed by atoms with van der Waals surface area (Å²) in [4.78, 5) is 25.3. The first-order valence-corrected chi connectivity index (χ1v) is 8.62. The van der Waals surface area contributed by atoms with Gasteiger partial charge < -0.3 is 14.5 Å². The van der Waals surface area contributed by atoms with Crippen LogP contribution in [-0.2, 0) is 9.53 Å². The molecule has 6 nitrogen and oxygen atoms in total. The molecule has 1 aromatic carbocycles. The van der Waals surface area contributed by atoms with Crippen LogP contribution in [0.25, 0.3) is 10.9 Å². The van der Waals surface area contributed by atoms with Crippen molar-refractivity contribution in [2.75, 3.05) is 44.3 Å². The minimum Gasteiger partial charge on any atom is -0.381 e. The summed E-state index contributed by atoms with van der Waals surface area (Å²) in [5.41, 5.74) is 2.14. The van der Waals surface area contributed by atoms with Gasteiger partial charge in [0.25, 0.3) is 0 Å². The summed E-state index contributed by atoms with van der Waals surface area (Å²) in [5, 5.41) is 1.05. The molecular formula is C18H22N4O2. The normalized spacial score (nSPS) is 19.7. The van der Waals surface area contributed by atoms with Crippen LogP contribution in [0, 0.1) is 5.92 Å². The van der Waals surface area contributed by atoms with Gasteiger partial charge in [0.05, 0.1) is 5.52 Å². The van der Waals surface area contributed by atoms with Crippen LogP contribution in [0.2, 0.25) is 0 Å². The summed E-state index contributed by atoms with van der Waals surface area (Å²) in [5.74, 6) is 0.466. The molecule has 24 heavy (non-hydrogen) atoms. The van der Waals surface area contributed by atoms with E-state index in [2.05, 4.69) is 27.0 Å². The van der Waals surface area contributed by atoms with Crippen LogP contribution in [0.1, 0.15) is 12.8 Å². The van der Waals surface area contributed by atoms with Gasteiger partial charge in [-0.15, -0.1) is 0 Å². The Kier molecular flexibility index (Phi) is 4.30. The molecule has 0 bridgehead atoms. The molecule has 2 aliphatic heterocycles. The highest BCUT2D eigenvalue weighted by Crippen LogP contribution is 2.23. The van der Waals surface area contributed by atoms with E-state index in [1.807, 2.05) is 17.2 Å². The number of rotatable bonds is 2. The number of fused-ring (bicyclic) bond motifs is 1. The van der Waals surface area contributed by atoms with E-state index in [9.17, 15) is 4.79 Å². The Balaban J connectivity index is 1.40. The maximum Gasteiger partial charge on any atom is 0.225 e. The summed E-state index contributed by atoms with van der Waals surface area (Å²) in [6.45, 7) is 4.76. The van der Waals surface area contributed by atoms with E-state index < -0.39 is 0 Å². The smallest absolute Gasteiger partial charge is 0.225 e. The van der Waals surface area contributed by atoms with Crippen LogP contribution in [0.4, 0.5) is 5.69 Å². The predicted octanol–water partition coefficient (Wildman–Crippen LogP) is 1.70. The number of nitrogens with zero attached hydrogens (tertiary/aromatic N) is 4. The standard InChI is InChI=1S/C18H22N4O2/c23-18(14-3-9-24-10-4-14)22-7-5-21(6-8-22)16-1-2-17-15(11-16)12-19-13-20-17/h1-2,11-14H,3-10H2. The number of amides is 1. The molecule has 2 saturated heterocycles. The molecule has 0 spiro atoms. The van der Waals surface area contributed by atoms with E-state index in [4.69, 9.17) is 4.74 Å². The molecule has 6 heteroatoms. The molecule has 2 aliphatic rings. The van der Waals surface area contributed by atoms with E-state index >= 15 is 0 Å². The van der Waals surface area contributed by atoms with Crippen molar-refractivity contribution in [2.24, 2.45) is 5.92 Å². The van der Waals surface area contributed by atoms with Crippen LogP contribution in [0.5, 0.6) is 0 Å². The van der Waals surface area contributed by atoms with Crippen molar-refractivity contribution in [1.82, 2.24) is 14.9 Å². The van der Waals surface area contributed by atoms with Crippen molar-refractivity contribution in [3.8, 4) is 0 Å². The van der Waals surface area contributed by atoms with E-state index in [1.54, 1.807) is 6.33 Å². The molecule has 126 valence electrons. The Morgan fingerprint density at radius 2 is 1.92 bits per heavy atom. The SMILES string of the molecule is O=C(C1CCOCC1)N1CCN(c2ccc3ncncc3c2)CC1. The van der Waals surface area contributed by atoms with Gasteiger partial charge in [-0.05, 0) is 31.0 Å². The van der Waals surface area contributed by atoms with Gasteiger partial charge >= 0.3 is 0 Å². The number of piperazine rings is 1. The Morgan fingerprint density at radius 1 is 1.12 bits per heavy atom. The predicted molar refractivity (Wildman–Crippen MR) is 91.9 cm³/mol. The highest BCUT2D eigenvalue weighted by atomic mass is 16.5. The number of carbonyl (C=O) groups is 1. The summed E-state index contributed by atoms with van der Waals surface area (Å²) in [6.07, 6.45) is 5.15. The Hall–Kier alpha value is -2.21. The molecule has 0 unspecified atom stereocenters. The molecule has 0 N–H and O–H groups in total. The molecule has 2 aromatic rings. The Labute approximate surface area is 141 Å². The molecular weight excluding hydrogens is 304 g/mol. The molecule has 0 radical (unpaired) electrons. The second kappa shape index (κ2) is 6.73. The quantitative estimate of drug-likeness (QED) is 0.841. The summed E-state index contributed by atoms with van der Waals surface area (Å²) in [7, 11) is 0. The van der Waals surface area contributed by atoms with Crippen LogP contribution in [0.15, 0.2) is 30.7 Å². The topological polar surface area (TPSA) is 58.6 Å². The zero-order chi connectivity index (χ0) is 16.4. The largest absolute Gasteiger partial charge is 0.381 e. The third kappa shape index (κ3) is 3.06. The number of hydrogen-bond acceptors (Lipinski definition) is 5. The van der Waals surface area contributed by atoms with Crippen molar-refractivity contribution < 1.29 is 9.53 Å². The summed E-state index contributed by atoms with van der Waals surface area (Å²) < 4.78 is 5.36. The number of hydrogen-bond donors (Lipinski definition) is 0.